The maximum Gasteiger partial charge on any atom is 0.417 e. The molecule has 44 valence electrons. The predicted molar refractivity (Wildman–Crippen MR) is 20.5 cm³/mol. The molecular formula is CH2N4O3. The van der Waals surface area contributed by atoms with Crippen LogP contribution in [0.4, 0.5) is 4.79 Å². The van der Waals surface area contributed by atoms with E-state index < -0.39 is 6.09 Å². The van der Waals surface area contributed by atoms with Gasteiger partial charge >= 0.3 is 6.09 Å². The molecule has 0 bridgehead atoms. The molecule has 0 aromatic rings. The lowest BCUT2D eigenvalue weighted by Gasteiger charge is -1.88. The molecule has 0 saturated heterocycles. The van der Waals surface area contributed by atoms with Crippen LogP contribution in [0.5, 0.6) is 0 Å². The lowest BCUT2D eigenvalue weighted by molar-refractivity contribution is -0.0740. The van der Waals surface area contributed by atoms with Gasteiger partial charge in [-0.2, -0.15) is 0 Å². The summed E-state index contributed by atoms with van der Waals surface area (Å²) < 4.78 is 0. The number of amides is 1. The molecule has 0 atom stereocenters. The zero-order valence-electron chi connectivity index (χ0n) is 3.61. The van der Waals surface area contributed by atoms with E-state index in [1.165, 1.54) is 0 Å². The molecule has 0 aliphatic rings. The molecule has 1 amide bonds. The topological polar surface area (TPSA) is 107 Å². The fraction of sp³-hybridized carbons (Fsp3) is 0. The second kappa shape index (κ2) is 3.88. The Labute approximate surface area is 43.4 Å². The van der Waals surface area contributed by atoms with Gasteiger partial charge in [0.2, 0.25) is 0 Å². The van der Waals surface area contributed by atoms with Crippen LogP contribution in [0.1, 0.15) is 0 Å². The number of carbonyl (C=O) groups excluding carboxylic acids is 1. The van der Waals surface area contributed by atoms with E-state index in [1.54, 1.807) is 0 Å². The van der Waals surface area contributed by atoms with Gasteiger partial charge in [0.1, 0.15) is 0 Å². The first kappa shape index (κ1) is 6.70. The quantitative estimate of drug-likeness (QED) is 0.224. The van der Waals surface area contributed by atoms with E-state index in [2.05, 4.69) is 14.9 Å². The van der Waals surface area contributed by atoms with Gasteiger partial charge in [0, 0.05) is 10.0 Å². The van der Waals surface area contributed by atoms with E-state index in [0.29, 0.717) is 0 Å². The molecule has 0 aromatic carbocycles. The molecule has 2 N–H and O–H groups in total. The second-order valence-corrected chi connectivity index (χ2v) is 0.649. The number of hydrogen-bond acceptors (Lipinski definition) is 4. The Morgan fingerprint density at radius 1 is 2.00 bits per heavy atom. The van der Waals surface area contributed by atoms with Crippen LogP contribution in [0.3, 0.4) is 0 Å². The molecule has 7 heteroatoms. The summed E-state index contributed by atoms with van der Waals surface area (Å²) in [6.45, 7) is 0. The highest BCUT2D eigenvalue weighted by molar-refractivity contribution is 5.67. The van der Waals surface area contributed by atoms with Gasteiger partial charge in [-0.25, -0.2) is 4.79 Å². The Hall–Kier alpha value is -1.30. The Balaban J connectivity index is 3.49. The summed E-state index contributed by atoms with van der Waals surface area (Å²) in [5.74, 6) is 0. The highest BCUT2D eigenvalue weighted by Gasteiger charge is 1.92. The van der Waals surface area contributed by atoms with Gasteiger partial charge < -0.3 is 4.84 Å². The van der Waals surface area contributed by atoms with Crippen LogP contribution in [0, 0.1) is 0 Å². The molecular weight excluding hydrogens is 116 g/mol. The van der Waals surface area contributed by atoms with Crippen molar-refractivity contribution in [3.8, 4) is 0 Å². The standard InChI is InChI=1S/CH2N4O3/c2-4-3-1(6)8-5-7/h5,7H. The van der Waals surface area contributed by atoms with E-state index in [9.17, 15) is 4.79 Å². The van der Waals surface area contributed by atoms with Crippen molar-refractivity contribution < 1.29 is 14.8 Å². The summed E-state index contributed by atoms with van der Waals surface area (Å²) >= 11 is 0. The van der Waals surface area contributed by atoms with E-state index in [0.717, 1.165) is 5.64 Å². The SMILES string of the molecule is [N-]=[N+]=NC(=O)ONO. The Morgan fingerprint density at radius 3 is 3.00 bits per heavy atom. The minimum absolute atomic E-state index is 1.04. The van der Waals surface area contributed by atoms with Gasteiger partial charge in [-0.05, 0) is 11.2 Å². The van der Waals surface area contributed by atoms with Crippen LogP contribution in [-0.4, -0.2) is 11.3 Å². The first-order chi connectivity index (χ1) is 3.81. The third-order valence-electron chi connectivity index (χ3n) is 0.259. The van der Waals surface area contributed by atoms with E-state index in [4.69, 9.17) is 10.7 Å². The van der Waals surface area contributed by atoms with Crippen LogP contribution in [-0.2, 0) is 4.84 Å². The molecule has 0 saturated carbocycles. The van der Waals surface area contributed by atoms with E-state index in [1.807, 2.05) is 0 Å². The van der Waals surface area contributed by atoms with Gasteiger partial charge in [0.15, 0.2) is 0 Å². The highest BCUT2D eigenvalue weighted by Crippen LogP contribution is 1.76. The summed E-state index contributed by atoms with van der Waals surface area (Å²) in [4.78, 5) is 15.4. The third kappa shape index (κ3) is 2.91. The molecule has 0 fully saturated rings. The Bertz CT molecular complexity index is 125. The lowest BCUT2D eigenvalue weighted by Crippen LogP contribution is -2.11. The van der Waals surface area contributed by atoms with Crippen molar-refractivity contribution in [1.82, 2.24) is 5.64 Å². The Kier molecular flexibility index (Phi) is 3.25. The summed E-state index contributed by atoms with van der Waals surface area (Å²) in [6, 6.07) is 0. The fourth-order valence-electron chi connectivity index (χ4n) is 0.0960. The number of azide groups is 1. The molecule has 0 unspecified atom stereocenters. The largest absolute Gasteiger partial charge is 0.417 e. The van der Waals surface area contributed by atoms with Crippen molar-refractivity contribution in [2.24, 2.45) is 5.11 Å². The van der Waals surface area contributed by atoms with Gasteiger partial charge in [-0.3, -0.25) is 5.21 Å². The molecule has 0 heterocycles. The molecule has 0 aliphatic carbocycles. The molecule has 0 rings (SSSR count). The number of nitrogens with one attached hydrogen (secondary N) is 1. The van der Waals surface area contributed by atoms with Crippen LogP contribution in [0.25, 0.3) is 10.4 Å². The maximum absolute atomic E-state index is 9.78. The van der Waals surface area contributed by atoms with Crippen LogP contribution in [0.15, 0.2) is 5.11 Å². The smallest absolute Gasteiger partial charge is 0.339 e. The van der Waals surface area contributed by atoms with Crippen molar-refractivity contribution in [3.63, 3.8) is 0 Å². The molecule has 0 spiro atoms. The molecule has 0 aromatic heterocycles. The zero-order valence-corrected chi connectivity index (χ0v) is 3.61. The fourth-order valence-corrected chi connectivity index (χ4v) is 0.0960. The minimum atomic E-state index is -1.24. The number of nitrogens with zero attached hydrogens (tertiary/aromatic N) is 3. The molecule has 8 heavy (non-hydrogen) atoms. The first-order valence-electron chi connectivity index (χ1n) is 1.46. The van der Waals surface area contributed by atoms with Gasteiger partial charge in [-0.1, -0.05) is 0 Å². The van der Waals surface area contributed by atoms with Gasteiger partial charge in [0.25, 0.3) is 0 Å². The number of rotatable bonds is 1. The van der Waals surface area contributed by atoms with Crippen LogP contribution >= 0.6 is 0 Å². The summed E-state index contributed by atoms with van der Waals surface area (Å²) in [7, 11) is 0. The predicted octanol–water partition coefficient (Wildman–Crippen LogP) is 0.327. The van der Waals surface area contributed by atoms with Gasteiger partial charge in [-0.15, -0.1) is 0 Å². The van der Waals surface area contributed by atoms with Crippen molar-refractivity contribution in [2.75, 3.05) is 0 Å². The summed E-state index contributed by atoms with van der Waals surface area (Å²) in [5, 5.41) is 10.00. The molecule has 7 nitrogen and oxygen atoms in total. The zero-order chi connectivity index (χ0) is 6.41. The van der Waals surface area contributed by atoms with Crippen LogP contribution in [0.2, 0.25) is 0 Å². The van der Waals surface area contributed by atoms with Crippen LogP contribution < -0.4 is 5.64 Å². The molecule has 0 aliphatic heterocycles. The average molecular weight is 118 g/mol. The van der Waals surface area contributed by atoms with Crippen molar-refractivity contribution >= 4 is 6.09 Å². The third-order valence-corrected chi connectivity index (χ3v) is 0.259. The van der Waals surface area contributed by atoms with E-state index in [-0.39, 0.29) is 0 Å². The number of hydrogen-bond donors (Lipinski definition) is 2. The minimum Gasteiger partial charge on any atom is -0.339 e. The molecule has 0 radical (unpaired) electrons. The van der Waals surface area contributed by atoms with Gasteiger partial charge in [0.05, 0.1) is 0 Å². The monoisotopic (exact) mass is 118 g/mol. The maximum atomic E-state index is 9.78. The average Bonchev–Trinajstić information content (AvgIpc) is 1.68. The number of carbonyl (C=O) groups is 1. The first-order valence-corrected chi connectivity index (χ1v) is 1.46. The normalized spacial score (nSPS) is 7.12. The van der Waals surface area contributed by atoms with E-state index >= 15 is 0 Å². The Morgan fingerprint density at radius 2 is 2.62 bits per heavy atom. The van der Waals surface area contributed by atoms with Crippen molar-refractivity contribution in [3.05, 3.63) is 10.4 Å². The van der Waals surface area contributed by atoms with Crippen molar-refractivity contribution in [1.29, 1.82) is 0 Å². The summed E-state index contributed by atoms with van der Waals surface area (Å²) in [6.07, 6.45) is -1.24. The second-order valence-electron chi connectivity index (χ2n) is 0.649. The lowest BCUT2D eigenvalue weighted by atomic mass is 11.3. The summed E-state index contributed by atoms with van der Waals surface area (Å²) in [5.41, 5.74) is 8.55. The highest BCUT2D eigenvalue weighted by atomic mass is 16.9. The van der Waals surface area contributed by atoms with Crippen molar-refractivity contribution in [2.45, 2.75) is 0 Å².